The zero-order valence-electron chi connectivity index (χ0n) is 10.0. The highest BCUT2D eigenvalue weighted by Crippen LogP contribution is 2.19. The summed E-state index contributed by atoms with van der Waals surface area (Å²) in [6, 6.07) is 3.50. The predicted octanol–water partition coefficient (Wildman–Crippen LogP) is 2.27. The highest BCUT2D eigenvalue weighted by molar-refractivity contribution is 6.20. The van der Waals surface area contributed by atoms with Crippen LogP contribution in [0.25, 0.3) is 11.7 Å². The molecule has 3 heterocycles. The van der Waals surface area contributed by atoms with Crippen LogP contribution in [0.15, 0.2) is 33.4 Å². The molecule has 0 aliphatic carbocycles. The van der Waals surface area contributed by atoms with Crippen molar-refractivity contribution in [2.75, 3.05) is 0 Å². The highest BCUT2D eigenvalue weighted by Gasteiger charge is 2.13. The summed E-state index contributed by atoms with van der Waals surface area (Å²) in [6.45, 7) is 2.17. The molecule has 0 aliphatic heterocycles. The lowest BCUT2D eigenvalue weighted by atomic mass is 10.4. The summed E-state index contributed by atoms with van der Waals surface area (Å²) < 4.78 is 12.2. The molecule has 8 heteroatoms. The van der Waals surface area contributed by atoms with Crippen molar-refractivity contribution in [3.8, 4) is 11.7 Å². The van der Waals surface area contributed by atoms with Crippen molar-refractivity contribution in [1.29, 1.82) is 0 Å². The van der Waals surface area contributed by atoms with Crippen LogP contribution in [0, 0.1) is 0 Å². The Hall–Kier alpha value is -2.15. The first-order valence-corrected chi connectivity index (χ1v) is 6.06. The van der Waals surface area contributed by atoms with Crippen molar-refractivity contribution in [2.45, 2.75) is 18.8 Å². The zero-order chi connectivity index (χ0) is 13.2. The van der Waals surface area contributed by atoms with Gasteiger partial charge in [-0.1, -0.05) is 5.21 Å². The van der Waals surface area contributed by atoms with E-state index >= 15 is 0 Å². The van der Waals surface area contributed by atoms with E-state index in [0.29, 0.717) is 29.8 Å². The third kappa shape index (κ3) is 2.50. The molecule has 7 nitrogen and oxygen atoms in total. The van der Waals surface area contributed by atoms with Crippen molar-refractivity contribution in [1.82, 2.24) is 25.2 Å². The van der Waals surface area contributed by atoms with Crippen LogP contribution in [-0.2, 0) is 6.54 Å². The summed E-state index contributed by atoms with van der Waals surface area (Å²) in [5, 5.41) is 15.5. The molecule has 0 aromatic carbocycles. The minimum atomic E-state index is -0.185. The number of halogens is 1. The molecule has 0 aliphatic rings. The smallest absolute Gasteiger partial charge is 0.283 e. The van der Waals surface area contributed by atoms with E-state index in [-0.39, 0.29) is 5.38 Å². The average Bonchev–Trinajstić information content (AvgIpc) is 3.09. The highest BCUT2D eigenvalue weighted by atomic mass is 35.5. The van der Waals surface area contributed by atoms with Gasteiger partial charge in [-0.2, -0.15) is 0 Å². The van der Waals surface area contributed by atoms with E-state index in [2.05, 4.69) is 20.5 Å². The van der Waals surface area contributed by atoms with Crippen LogP contribution in [0.5, 0.6) is 0 Å². The largest absolute Gasteiger partial charge is 0.459 e. The number of hydrogen-bond donors (Lipinski definition) is 0. The minimum Gasteiger partial charge on any atom is -0.459 e. The van der Waals surface area contributed by atoms with E-state index < -0.39 is 0 Å². The number of rotatable bonds is 4. The second kappa shape index (κ2) is 4.85. The van der Waals surface area contributed by atoms with Crippen molar-refractivity contribution in [2.24, 2.45) is 0 Å². The molecule has 0 saturated carbocycles. The molecule has 1 unspecified atom stereocenters. The summed E-state index contributed by atoms with van der Waals surface area (Å²) in [6.07, 6.45) is 3.29. The van der Waals surface area contributed by atoms with Gasteiger partial charge in [-0.3, -0.25) is 0 Å². The van der Waals surface area contributed by atoms with Gasteiger partial charge in [0.2, 0.25) is 5.89 Å². The molecule has 98 valence electrons. The Morgan fingerprint density at radius 3 is 2.95 bits per heavy atom. The maximum absolute atomic E-state index is 5.91. The maximum Gasteiger partial charge on any atom is 0.283 e. The summed E-state index contributed by atoms with van der Waals surface area (Å²) >= 11 is 5.91. The fourth-order valence-electron chi connectivity index (χ4n) is 1.53. The SMILES string of the molecule is CC(Cl)c1cn(Cc2nnc(-c3ccco3)o2)nn1. The molecule has 1 atom stereocenters. The molecule has 3 rings (SSSR count). The van der Waals surface area contributed by atoms with Crippen LogP contribution >= 0.6 is 11.6 Å². The van der Waals surface area contributed by atoms with E-state index in [0.717, 1.165) is 0 Å². The van der Waals surface area contributed by atoms with Crippen LogP contribution in [0.2, 0.25) is 0 Å². The zero-order valence-corrected chi connectivity index (χ0v) is 10.8. The van der Waals surface area contributed by atoms with E-state index in [4.69, 9.17) is 20.4 Å². The van der Waals surface area contributed by atoms with Gasteiger partial charge in [0.25, 0.3) is 5.89 Å². The van der Waals surface area contributed by atoms with Gasteiger partial charge >= 0.3 is 0 Å². The molecular formula is C11H10ClN5O2. The topological polar surface area (TPSA) is 82.8 Å². The molecule has 0 spiro atoms. The third-order valence-corrected chi connectivity index (χ3v) is 2.68. The van der Waals surface area contributed by atoms with Gasteiger partial charge in [0.05, 0.1) is 17.8 Å². The lowest BCUT2D eigenvalue weighted by molar-refractivity contribution is 0.454. The molecule has 0 saturated heterocycles. The van der Waals surface area contributed by atoms with E-state index in [9.17, 15) is 0 Å². The second-order valence-electron chi connectivity index (χ2n) is 3.94. The Morgan fingerprint density at radius 2 is 2.26 bits per heavy atom. The number of alkyl halides is 1. The molecule has 0 bridgehead atoms. The molecule has 0 radical (unpaired) electrons. The summed E-state index contributed by atoms with van der Waals surface area (Å²) in [5.41, 5.74) is 0.701. The normalized spacial score (nSPS) is 12.7. The molecular weight excluding hydrogens is 270 g/mol. The fourth-order valence-corrected chi connectivity index (χ4v) is 1.63. The van der Waals surface area contributed by atoms with E-state index in [1.165, 1.54) is 0 Å². The van der Waals surface area contributed by atoms with E-state index in [1.807, 2.05) is 6.92 Å². The van der Waals surface area contributed by atoms with Crippen molar-refractivity contribution in [3.63, 3.8) is 0 Å². The van der Waals surface area contributed by atoms with Crippen LogP contribution in [0.1, 0.15) is 23.9 Å². The number of furan rings is 1. The van der Waals surface area contributed by atoms with Gasteiger partial charge in [0.1, 0.15) is 12.2 Å². The van der Waals surface area contributed by atoms with Gasteiger partial charge in [0.15, 0.2) is 5.76 Å². The first-order valence-electron chi connectivity index (χ1n) is 5.63. The summed E-state index contributed by atoms with van der Waals surface area (Å²) in [4.78, 5) is 0. The Bertz CT molecular complexity index is 658. The Morgan fingerprint density at radius 1 is 1.37 bits per heavy atom. The van der Waals surface area contributed by atoms with Crippen LogP contribution in [0.4, 0.5) is 0 Å². The second-order valence-corrected chi connectivity index (χ2v) is 4.59. The lowest BCUT2D eigenvalue weighted by Gasteiger charge is -1.94. The summed E-state index contributed by atoms with van der Waals surface area (Å²) in [7, 11) is 0. The van der Waals surface area contributed by atoms with Gasteiger partial charge in [0, 0.05) is 0 Å². The number of aromatic nitrogens is 5. The van der Waals surface area contributed by atoms with Crippen molar-refractivity contribution < 1.29 is 8.83 Å². The third-order valence-electron chi connectivity index (χ3n) is 2.46. The Balaban J connectivity index is 1.76. The molecule has 3 aromatic heterocycles. The Labute approximate surface area is 113 Å². The Kier molecular flexibility index (Phi) is 3.04. The lowest BCUT2D eigenvalue weighted by Crippen LogP contribution is -2.00. The van der Waals surface area contributed by atoms with Gasteiger partial charge in [-0.25, -0.2) is 4.68 Å². The van der Waals surface area contributed by atoms with Crippen molar-refractivity contribution >= 4 is 11.6 Å². The maximum atomic E-state index is 5.91. The van der Waals surface area contributed by atoms with Gasteiger partial charge < -0.3 is 8.83 Å². The van der Waals surface area contributed by atoms with Crippen molar-refractivity contribution in [3.05, 3.63) is 36.2 Å². The summed E-state index contributed by atoms with van der Waals surface area (Å²) in [5.74, 6) is 1.29. The van der Waals surface area contributed by atoms with Gasteiger partial charge in [-0.15, -0.1) is 26.9 Å². The number of hydrogen-bond acceptors (Lipinski definition) is 6. The average molecular weight is 280 g/mol. The predicted molar refractivity (Wildman–Crippen MR) is 65.4 cm³/mol. The molecule has 0 amide bonds. The van der Waals surface area contributed by atoms with Crippen LogP contribution in [-0.4, -0.2) is 25.2 Å². The molecule has 19 heavy (non-hydrogen) atoms. The minimum absolute atomic E-state index is 0.185. The first kappa shape index (κ1) is 11.9. The quantitative estimate of drug-likeness (QED) is 0.681. The van der Waals surface area contributed by atoms with Crippen LogP contribution < -0.4 is 0 Å². The van der Waals surface area contributed by atoms with Gasteiger partial charge in [-0.05, 0) is 19.1 Å². The standard InChI is InChI=1S/C11H10ClN5O2/c1-7(12)8-5-17(16-13-8)6-10-14-15-11(19-10)9-3-2-4-18-9/h2-5,7H,6H2,1H3. The van der Waals surface area contributed by atoms with E-state index in [1.54, 1.807) is 29.3 Å². The number of nitrogens with zero attached hydrogens (tertiary/aromatic N) is 5. The monoisotopic (exact) mass is 279 g/mol. The molecule has 3 aromatic rings. The first-order chi connectivity index (χ1) is 9.22. The van der Waals surface area contributed by atoms with Crippen LogP contribution in [0.3, 0.4) is 0 Å². The molecule has 0 fully saturated rings. The fraction of sp³-hybridized carbons (Fsp3) is 0.273. The molecule has 0 N–H and O–H groups in total.